The standard InChI is InChI=1S/C17H22BrN3O2/c1-17(11-19,13-4-5-13)20-16(22)10-21(2)9-12-8-14(18)6-7-15(12)23-3/h6-8,13H,4-5,9-10H2,1-3H3,(H,20,22)/p+1/t17-/m0/s1. The van der Waals surface area contributed by atoms with Gasteiger partial charge in [0.1, 0.15) is 17.8 Å². The number of carbonyl (C=O) groups excluding carboxylic acids is 1. The number of nitriles is 1. The summed E-state index contributed by atoms with van der Waals surface area (Å²) in [5.41, 5.74) is 0.308. The van der Waals surface area contributed by atoms with Crippen LogP contribution >= 0.6 is 15.9 Å². The first-order valence-corrected chi connectivity index (χ1v) is 8.53. The molecule has 1 aliphatic carbocycles. The summed E-state index contributed by atoms with van der Waals surface area (Å²) in [5.74, 6) is 1.02. The Morgan fingerprint density at radius 2 is 2.26 bits per heavy atom. The molecule has 2 N–H and O–H groups in total. The smallest absolute Gasteiger partial charge is 0.276 e. The molecular formula is C17H23BrN3O2+. The maximum Gasteiger partial charge on any atom is 0.276 e. The summed E-state index contributed by atoms with van der Waals surface area (Å²) >= 11 is 3.46. The second-order valence-electron chi connectivity index (χ2n) is 6.40. The van der Waals surface area contributed by atoms with Crippen LogP contribution in [0.3, 0.4) is 0 Å². The summed E-state index contributed by atoms with van der Waals surface area (Å²) in [5, 5.41) is 12.2. The molecule has 1 unspecified atom stereocenters. The summed E-state index contributed by atoms with van der Waals surface area (Å²) in [4.78, 5) is 13.3. The van der Waals surface area contributed by atoms with E-state index in [9.17, 15) is 10.1 Å². The maximum atomic E-state index is 12.2. The number of amides is 1. The van der Waals surface area contributed by atoms with Gasteiger partial charge >= 0.3 is 0 Å². The van der Waals surface area contributed by atoms with Crippen molar-refractivity contribution in [2.75, 3.05) is 20.7 Å². The molecule has 5 nitrogen and oxygen atoms in total. The number of rotatable bonds is 7. The molecule has 1 aliphatic rings. The van der Waals surface area contributed by atoms with Crippen LogP contribution in [0.15, 0.2) is 22.7 Å². The molecule has 0 saturated heterocycles. The monoisotopic (exact) mass is 380 g/mol. The Kier molecular flexibility index (Phi) is 5.66. The Balaban J connectivity index is 1.94. The van der Waals surface area contributed by atoms with Crippen molar-refractivity contribution in [3.05, 3.63) is 28.2 Å². The first kappa shape index (κ1) is 17.8. The van der Waals surface area contributed by atoms with Gasteiger partial charge in [0.25, 0.3) is 5.91 Å². The van der Waals surface area contributed by atoms with Crippen LogP contribution < -0.4 is 15.0 Å². The van der Waals surface area contributed by atoms with Gasteiger partial charge in [0.15, 0.2) is 6.54 Å². The normalized spacial score (nSPS) is 17.7. The van der Waals surface area contributed by atoms with Crippen LogP contribution in [-0.4, -0.2) is 32.1 Å². The van der Waals surface area contributed by atoms with Gasteiger partial charge in [0, 0.05) is 10.0 Å². The number of halogens is 1. The molecule has 0 aliphatic heterocycles. The van der Waals surface area contributed by atoms with E-state index < -0.39 is 5.54 Å². The predicted molar refractivity (Wildman–Crippen MR) is 91.0 cm³/mol. The van der Waals surface area contributed by atoms with E-state index in [4.69, 9.17) is 4.74 Å². The molecule has 0 heterocycles. The van der Waals surface area contributed by atoms with Crippen molar-refractivity contribution in [3.8, 4) is 11.8 Å². The molecule has 23 heavy (non-hydrogen) atoms. The molecule has 2 atom stereocenters. The lowest BCUT2D eigenvalue weighted by atomic mass is 9.98. The second-order valence-corrected chi connectivity index (χ2v) is 7.32. The number of nitrogens with one attached hydrogen (secondary N) is 2. The predicted octanol–water partition coefficient (Wildman–Crippen LogP) is 1.28. The zero-order valence-electron chi connectivity index (χ0n) is 13.8. The summed E-state index contributed by atoms with van der Waals surface area (Å²) < 4.78 is 6.35. The number of ether oxygens (including phenoxy) is 1. The molecule has 0 spiro atoms. The average Bonchev–Trinajstić information content (AvgIpc) is 3.32. The minimum absolute atomic E-state index is 0.0904. The Hall–Kier alpha value is -1.58. The second kappa shape index (κ2) is 7.33. The van der Waals surface area contributed by atoms with E-state index in [1.54, 1.807) is 7.11 Å². The number of methoxy groups -OCH3 is 1. The molecule has 0 radical (unpaired) electrons. The van der Waals surface area contributed by atoms with E-state index in [0.717, 1.165) is 33.5 Å². The van der Waals surface area contributed by atoms with Crippen LogP contribution in [0.4, 0.5) is 0 Å². The zero-order chi connectivity index (χ0) is 17.0. The van der Waals surface area contributed by atoms with E-state index >= 15 is 0 Å². The highest BCUT2D eigenvalue weighted by atomic mass is 79.9. The Morgan fingerprint density at radius 1 is 1.57 bits per heavy atom. The van der Waals surface area contributed by atoms with Gasteiger partial charge in [0.05, 0.1) is 20.2 Å². The fraction of sp³-hybridized carbons (Fsp3) is 0.529. The fourth-order valence-corrected chi connectivity index (χ4v) is 3.17. The zero-order valence-corrected chi connectivity index (χ0v) is 15.4. The largest absolute Gasteiger partial charge is 0.496 e. The minimum atomic E-state index is -0.731. The SMILES string of the molecule is COc1ccc(Br)cc1C[NH+](C)CC(=O)N[C@@](C)(C#N)C1CC1. The summed E-state index contributed by atoms with van der Waals surface area (Å²) in [7, 11) is 3.60. The van der Waals surface area contributed by atoms with Crippen LogP contribution in [-0.2, 0) is 11.3 Å². The fourth-order valence-electron chi connectivity index (χ4n) is 2.76. The van der Waals surface area contributed by atoms with Crippen molar-refractivity contribution in [2.45, 2.75) is 31.8 Å². The molecule has 1 amide bonds. The summed E-state index contributed by atoms with van der Waals surface area (Å²) in [6, 6.07) is 8.09. The van der Waals surface area contributed by atoms with Gasteiger partial charge in [-0.25, -0.2) is 0 Å². The van der Waals surface area contributed by atoms with Gasteiger partial charge in [-0.1, -0.05) is 15.9 Å². The van der Waals surface area contributed by atoms with Gasteiger partial charge in [-0.3, -0.25) is 4.79 Å². The molecule has 1 saturated carbocycles. The minimum Gasteiger partial charge on any atom is -0.496 e. The number of benzene rings is 1. The number of carbonyl (C=O) groups is 1. The third-order valence-corrected chi connectivity index (χ3v) is 4.72. The number of nitrogens with zero attached hydrogens (tertiary/aromatic N) is 1. The lowest BCUT2D eigenvalue weighted by molar-refractivity contribution is -0.885. The van der Waals surface area contributed by atoms with Gasteiger partial charge < -0.3 is 15.0 Å². The highest BCUT2D eigenvalue weighted by Gasteiger charge is 2.43. The van der Waals surface area contributed by atoms with Gasteiger partial charge in [-0.15, -0.1) is 0 Å². The highest BCUT2D eigenvalue weighted by molar-refractivity contribution is 9.10. The van der Waals surface area contributed by atoms with Gasteiger partial charge in [0.2, 0.25) is 0 Å². The average molecular weight is 381 g/mol. The first-order valence-electron chi connectivity index (χ1n) is 7.74. The summed E-state index contributed by atoms with van der Waals surface area (Å²) in [6.07, 6.45) is 2.03. The highest BCUT2D eigenvalue weighted by Crippen LogP contribution is 2.39. The number of quaternary nitrogens is 1. The topological polar surface area (TPSA) is 66.6 Å². The van der Waals surface area contributed by atoms with E-state index in [1.165, 1.54) is 0 Å². The van der Waals surface area contributed by atoms with Crippen molar-refractivity contribution in [3.63, 3.8) is 0 Å². The molecule has 1 aromatic rings. The van der Waals surface area contributed by atoms with Crippen LogP contribution in [0, 0.1) is 17.2 Å². The third kappa shape index (κ3) is 4.69. The van der Waals surface area contributed by atoms with E-state index in [1.807, 2.05) is 32.2 Å². The van der Waals surface area contributed by atoms with Gasteiger partial charge in [-0.05, 0) is 43.9 Å². The Morgan fingerprint density at radius 3 is 2.83 bits per heavy atom. The molecule has 6 heteroatoms. The lowest BCUT2D eigenvalue weighted by Gasteiger charge is -2.24. The van der Waals surface area contributed by atoms with E-state index in [0.29, 0.717) is 19.0 Å². The molecular weight excluding hydrogens is 358 g/mol. The number of hydrogen-bond donors (Lipinski definition) is 2. The van der Waals surface area contributed by atoms with E-state index in [-0.39, 0.29) is 5.91 Å². The first-order chi connectivity index (χ1) is 10.9. The van der Waals surface area contributed by atoms with Crippen molar-refractivity contribution in [2.24, 2.45) is 5.92 Å². The molecule has 2 rings (SSSR count). The van der Waals surface area contributed by atoms with Crippen molar-refractivity contribution in [1.82, 2.24) is 5.32 Å². The van der Waals surface area contributed by atoms with Crippen LogP contribution in [0.1, 0.15) is 25.3 Å². The van der Waals surface area contributed by atoms with Crippen LogP contribution in [0.25, 0.3) is 0 Å². The van der Waals surface area contributed by atoms with E-state index in [2.05, 4.69) is 27.3 Å². The molecule has 1 aromatic carbocycles. The molecule has 0 aromatic heterocycles. The number of hydrogen-bond acceptors (Lipinski definition) is 3. The molecule has 1 fully saturated rings. The van der Waals surface area contributed by atoms with Crippen LogP contribution in [0.2, 0.25) is 0 Å². The van der Waals surface area contributed by atoms with Gasteiger partial charge in [-0.2, -0.15) is 5.26 Å². The lowest BCUT2D eigenvalue weighted by Crippen LogP contribution is -3.09. The number of likely N-dealkylation sites (N-methyl/N-ethyl adjacent to an activating group) is 1. The Labute approximate surface area is 145 Å². The van der Waals surface area contributed by atoms with Crippen molar-refractivity contribution < 1.29 is 14.4 Å². The Bertz CT molecular complexity index is 625. The van der Waals surface area contributed by atoms with Crippen molar-refractivity contribution in [1.29, 1.82) is 5.26 Å². The molecule has 124 valence electrons. The third-order valence-electron chi connectivity index (χ3n) is 4.22. The quantitative estimate of drug-likeness (QED) is 0.748. The maximum absolute atomic E-state index is 12.2. The van der Waals surface area contributed by atoms with Crippen molar-refractivity contribution >= 4 is 21.8 Å². The van der Waals surface area contributed by atoms with Crippen LogP contribution in [0.5, 0.6) is 5.75 Å². The summed E-state index contributed by atoms with van der Waals surface area (Å²) in [6.45, 7) is 2.80. The molecule has 0 bridgehead atoms.